The molecule has 0 aliphatic carbocycles. The smallest absolute Gasteiger partial charge is 0.331 e. The van der Waals surface area contributed by atoms with Gasteiger partial charge in [-0.05, 0) is 29.8 Å². The van der Waals surface area contributed by atoms with E-state index in [-0.39, 0.29) is 11.4 Å². The highest BCUT2D eigenvalue weighted by atomic mass is 32.2. The maximum Gasteiger partial charge on any atom is 0.331 e. The van der Waals surface area contributed by atoms with Crippen molar-refractivity contribution in [3.63, 3.8) is 0 Å². The number of pyridine rings is 1. The monoisotopic (exact) mass is 453 g/mol. The van der Waals surface area contributed by atoms with Gasteiger partial charge in [0.2, 0.25) is 10.0 Å². The number of ether oxygens (including phenoxy) is 1. The van der Waals surface area contributed by atoms with Gasteiger partial charge in [0.05, 0.1) is 16.1 Å². The van der Waals surface area contributed by atoms with Gasteiger partial charge in [-0.1, -0.05) is 42.5 Å². The Kier molecular flexibility index (Phi) is 7.34. The lowest BCUT2D eigenvalue weighted by molar-refractivity contribution is -0.143. The highest BCUT2D eigenvalue weighted by Gasteiger charge is 2.20. The Bertz CT molecular complexity index is 1270. The number of benzene rings is 2. The molecule has 3 rings (SSSR count). The molecule has 1 amide bonds. The molecule has 0 fully saturated rings. The molecule has 0 aliphatic rings. The van der Waals surface area contributed by atoms with Gasteiger partial charge in [-0.15, -0.1) is 0 Å². The number of sulfonamides is 1. The average Bonchev–Trinajstić information content (AvgIpc) is 2.80. The molecule has 0 saturated heterocycles. The number of nitrogens with zero attached hydrogens (tertiary/aromatic N) is 2. The van der Waals surface area contributed by atoms with Gasteiger partial charge in [0.1, 0.15) is 0 Å². The summed E-state index contributed by atoms with van der Waals surface area (Å²) in [5.74, 6) is -1.24. The fraction of sp³-hybridized carbons (Fsp3) is 0.174. The molecule has 1 heterocycles. The average molecular weight is 454 g/mol. The number of para-hydroxylation sites is 1. The molecular formula is C23H23N3O5S. The fourth-order valence-electron chi connectivity index (χ4n) is 2.86. The topological polar surface area (TPSA) is 106 Å². The molecule has 0 atom stereocenters. The summed E-state index contributed by atoms with van der Waals surface area (Å²) in [6.45, 7) is -0.507. The second-order valence-electron chi connectivity index (χ2n) is 7.04. The van der Waals surface area contributed by atoms with E-state index in [2.05, 4.69) is 10.3 Å². The minimum absolute atomic E-state index is 0.0174. The van der Waals surface area contributed by atoms with E-state index in [9.17, 15) is 18.0 Å². The lowest BCUT2D eigenvalue weighted by Crippen LogP contribution is -2.29. The Hall–Kier alpha value is -3.56. The van der Waals surface area contributed by atoms with Crippen molar-refractivity contribution in [2.24, 2.45) is 0 Å². The molecule has 0 saturated carbocycles. The molecule has 1 N–H and O–H groups in total. The van der Waals surface area contributed by atoms with E-state index in [0.717, 1.165) is 15.2 Å². The van der Waals surface area contributed by atoms with E-state index in [4.69, 9.17) is 4.74 Å². The van der Waals surface area contributed by atoms with Crippen molar-refractivity contribution >= 4 is 38.9 Å². The number of amides is 1. The van der Waals surface area contributed by atoms with E-state index in [1.807, 2.05) is 30.3 Å². The Morgan fingerprint density at radius 3 is 2.53 bits per heavy atom. The van der Waals surface area contributed by atoms with Crippen LogP contribution in [0.4, 0.5) is 0 Å². The molecule has 0 bridgehead atoms. The fourth-order valence-corrected chi connectivity index (χ4v) is 3.97. The zero-order chi connectivity index (χ0) is 23.1. The summed E-state index contributed by atoms with van der Waals surface area (Å²) >= 11 is 0. The van der Waals surface area contributed by atoms with Crippen molar-refractivity contribution in [3.8, 4) is 0 Å². The Morgan fingerprint density at radius 1 is 1.03 bits per heavy atom. The molecule has 2 aromatic carbocycles. The normalized spacial score (nSPS) is 11.7. The molecule has 166 valence electrons. The highest BCUT2D eigenvalue weighted by Crippen LogP contribution is 2.18. The number of carbonyl (C=O) groups excluding carboxylic acids is 2. The molecule has 0 radical (unpaired) electrons. The Labute approximate surface area is 186 Å². The van der Waals surface area contributed by atoms with Crippen LogP contribution in [0.5, 0.6) is 0 Å². The number of fused-ring (bicyclic) bond motifs is 1. The lowest BCUT2D eigenvalue weighted by Gasteiger charge is -2.15. The van der Waals surface area contributed by atoms with Crippen LogP contribution in [-0.4, -0.2) is 50.3 Å². The number of esters is 1. The molecule has 32 heavy (non-hydrogen) atoms. The van der Waals surface area contributed by atoms with Crippen LogP contribution in [0.1, 0.15) is 11.3 Å². The van der Waals surface area contributed by atoms with E-state index < -0.39 is 28.5 Å². The zero-order valence-corrected chi connectivity index (χ0v) is 18.5. The van der Waals surface area contributed by atoms with Crippen molar-refractivity contribution < 1.29 is 22.7 Å². The predicted octanol–water partition coefficient (Wildman–Crippen LogP) is 2.36. The molecule has 9 heteroatoms. The Balaban J connectivity index is 1.53. The summed E-state index contributed by atoms with van der Waals surface area (Å²) < 4.78 is 30.9. The highest BCUT2D eigenvalue weighted by molar-refractivity contribution is 7.89. The Morgan fingerprint density at radius 2 is 1.75 bits per heavy atom. The van der Waals surface area contributed by atoms with Gasteiger partial charge >= 0.3 is 5.97 Å². The molecule has 0 aliphatic heterocycles. The van der Waals surface area contributed by atoms with Crippen molar-refractivity contribution in [1.29, 1.82) is 0 Å². The van der Waals surface area contributed by atoms with Crippen LogP contribution in [0.3, 0.4) is 0 Å². The number of rotatable bonds is 8. The van der Waals surface area contributed by atoms with Crippen LogP contribution in [0, 0.1) is 0 Å². The first-order chi connectivity index (χ1) is 15.3. The number of aromatic nitrogens is 1. The van der Waals surface area contributed by atoms with Crippen molar-refractivity contribution in [1.82, 2.24) is 14.6 Å². The van der Waals surface area contributed by atoms with Crippen LogP contribution in [-0.2, 0) is 30.9 Å². The third-order valence-corrected chi connectivity index (χ3v) is 6.48. The number of nitrogens with one attached hydrogen (secondary N) is 1. The van der Waals surface area contributed by atoms with Crippen LogP contribution in [0.25, 0.3) is 17.0 Å². The van der Waals surface area contributed by atoms with Gasteiger partial charge in [0.25, 0.3) is 5.91 Å². The summed E-state index contributed by atoms with van der Waals surface area (Å²) in [7, 11) is -0.776. The van der Waals surface area contributed by atoms with E-state index in [1.165, 1.54) is 32.3 Å². The SMILES string of the molecule is CN(C)S(=O)(=O)c1ccccc1CNC(=O)COC(=O)/C=C/c1ccc2ccccc2n1. The van der Waals surface area contributed by atoms with Gasteiger partial charge in [0, 0.05) is 32.1 Å². The number of hydrogen-bond donors (Lipinski definition) is 1. The molecule has 0 unspecified atom stereocenters. The van der Waals surface area contributed by atoms with Crippen LogP contribution < -0.4 is 5.32 Å². The quantitative estimate of drug-likeness (QED) is 0.415. The van der Waals surface area contributed by atoms with Crippen molar-refractivity contribution in [2.45, 2.75) is 11.4 Å². The second kappa shape index (κ2) is 10.2. The first kappa shape index (κ1) is 23.1. The summed E-state index contributed by atoms with van der Waals surface area (Å²) in [5, 5.41) is 3.55. The van der Waals surface area contributed by atoms with Gasteiger partial charge in [0.15, 0.2) is 6.61 Å². The lowest BCUT2D eigenvalue weighted by atomic mass is 10.2. The molecule has 0 spiro atoms. The third kappa shape index (κ3) is 5.77. The minimum Gasteiger partial charge on any atom is -0.452 e. The summed E-state index contributed by atoms with van der Waals surface area (Å²) in [6, 6.07) is 17.7. The van der Waals surface area contributed by atoms with E-state index in [1.54, 1.807) is 24.3 Å². The zero-order valence-electron chi connectivity index (χ0n) is 17.7. The van der Waals surface area contributed by atoms with E-state index >= 15 is 0 Å². The van der Waals surface area contributed by atoms with Crippen LogP contribution in [0.2, 0.25) is 0 Å². The summed E-state index contributed by atoms with van der Waals surface area (Å²) in [4.78, 5) is 28.5. The summed E-state index contributed by atoms with van der Waals surface area (Å²) in [6.07, 6.45) is 2.71. The third-order valence-electron chi connectivity index (χ3n) is 4.56. The molecule has 8 nitrogen and oxygen atoms in total. The largest absolute Gasteiger partial charge is 0.452 e. The van der Waals surface area contributed by atoms with Crippen LogP contribution in [0.15, 0.2) is 71.6 Å². The number of hydrogen-bond acceptors (Lipinski definition) is 6. The summed E-state index contributed by atoms with van der Waals surface area (Å²) in [5.41, 5.74) is 1.82. The molecular weight excluding hydrogens is 430 g/mol. The van der Waals surface area contributed by atoms with Gasteiger partial charge in [-0.25, -0.2) is 22.5 Å². The minimum atomic E-state index is -3.65. The van der Waals surface area contributed by atoms with Crippen molar-refractivity contribution in [2.75, 3.05) is 20.7 Å². The maximum atomic E-state index is 12.4. The first-order valence-corrected chi connectivity index (χ1v) is 11.2. The van der Waals surface area contributed by atoms with Crippen molar-refractivity contribution in [3.05, 3.63) is 78.0 Å². The van der Waals surface area contributed by atoms with Gasteiger partial charge < -0.3 is 10.1 Å². The molecule has 1 aromatic heterocycles. The van der Waals surface area contributed by atoms with Gasteiger partial charge in [-0.2, -0.15) is 0 Å². The predicted molar refractivity (Wildman–Crippen MR) is 121 cm³/mol. The van der Waals surface area contributed by atoms with Crippen LogP contribution >= 0.6 is 0 Å². The first-order valence-electron chi connectivity index (χ1n) is 9.75. The van der Waals surface area contributed by atoms with E-state index in [0.29, 0.717) is 11.3 Å². The standard InChI is InChI=1S/C23H23N3O5S/c1-26(2)32(29,30)21-10-6-4-8-18(21)15-24-22(27)16-31-23(28)14-13-19-12-11-17-7-3-5-9-20(17)25-19/h3-14H,15-16H2,1-2H3,(H,24,27)/b14-13+. The van der Waals surface area contributed by atoms with Gasteiger partial charge in [-0.3, -0.25) is 4.79 Å². The maximum absolute atomic E-state index is 12.4. The molecule has 3 aromatic rings. The second-order valence-corrected chi connectivity index (χ2v) is 9.16. The number of carbonyl (C=O) groups is 2.